The molecule has 0 N–H and O–H groups in total. The Morgan fingerprint density at radius 3 is 2.06 bits per heavy atom. The fourth-order valence-electron chi connectivity index (χ4n) is 3.39. The van der Waals surface area contributed by atoms with E-state index in [1.54, 1.807) is 24.3 Å². The summed E-state index contributed by atoms with van der Waals surface area (Å²) in [6, 6.07) is 12.5. The van der Waals surface area contributed by atoms with Crippen molar-refractivity contribution in [2.24, 2.45) is 0 Å². The zero-order chi connectivity index (χ0) is 22.8. The van der Waals surface area contributed by atoms with Gasteiger partial charge in [0.05, 0.1) is 22.1 Å². The molecule has 0 aliphatic carbocycles. The van der Waals surface area contributed by atoms with Gasteiger partial charge in [0.2, 0.25) is 20.0 Å². The second kappa shape index (κ2) is 8.94. The average Bonchev–Trinajstić information content (AvgIpc) is 3.35. The van der Waals surface area contributed by atoms with Gasteiger partial charge >= 0.3 is 0 Å². The van der Waals surface area contributed by atoms with Crippen molar-refractivity contribution in [2.45, 2.75) is 16.7 Å². The number of hydrogen-bond acceptors (Lipinski definition) is 8. The van der Waals surface area contributed by atoms with E-state index in [1.807, 2.05) is 6.92 Å². The molecule has 1 saturated heterocycles. The molecule has 2 heterocycles. The lowest BCUT2D eigenvalue weighted by molar-refractivity contribution is 0.273. The molecule has 2 aromatic carbocycles. The molecule has 170 valence electrons. The smallest absolute Gasteiger partial charge is 0.243 e. The first-order valence-corrected chi connectivity index (χ1v) is 12.8. The number of nitrogens with zero attached hydrogens (tertiary/aromatic N) is 6. The van der Waals surface area contributed by atoms with Crippen LogP contribution in [-0.2, 0) is 20.0 Å². The van der Waals surface area contributed by atoms with Crippen LogP contribution in [0.3, 0.4) is 0 Å². The number of piperazine rings is 1. The Hall–Kier alpha value is -2.87. The second-order valence-electron chi connectivity index (χ2n) is 6.96. The molecule has 32 heavy (non-hydrogen) atoms. The predicted octanol–water partition coefficient (Wildman–Crippen LogP) is 0.756. The van der Waals surface area contributed by atoms with Crippen LogP contribution < -0.4 is 4.74 Å². The summed E-state index contributed by atoms with van der Waals surface area (Å²) in [6.07, 6.45) is 1.37. The molecule has 0 atom stereocenters. The Bertz CT molecular complexity index is 1270. The summed E-state index contributed by atoms with van der Waals surface area (Å²) in [5.41, 5.74) is 0.507. The molecule has 3 aromatic rings. The van der Waals surface area contributed by atoms with Crippen LogP contribution in [0.5, 0.6) is 5.75 Å². The summed E-state index contributed by atoms with van der Waals surface area (Å²) in [5, 5.41) is 10.9. The van der Waals surface area contributed by atoms with Gasteiger partial charge in [-0.2, -0.15) is 8.61 Å². The molecule has 0 radical (unpaired) electrons. The highest BCUT2D eigenvalue weighted by Gasteiger charge is 2.34. The van der Waals surface area contributed by atoms with Gasteiger partial charge in [-0.05, 0) is 59.8 Å². The van der Waals surface area contributed by atoms with Crippen LogP contribution in [0.15, 0.2) is 64.6 Å². The highest BCUT2D eigenvalue weighted by Crippen LogP contribution is 2.24. The van der Waals surface area contributed by atoms with E-state index in [-0.39, 0.29) is 36.0 Å². The largest absolute Gasteiger partial charge is 0.494 e. The third kappa shape index (κ3) is 4.37. The zero-order valence-electron chi connectivity index (χ0n) is 17.3. The van der Waals surface area contributed by atoms with Crippen molar-refractivity contribution in [1.82, 2.24) is 28.8 Å². The molecule has 0 amide bonds. The topological polar surface area (TPSA) is 128 Å². The van der Waals surface area contributed by atoms with Gasteiger partial charge in [0.1, 0.15) is 12.1 Å². The lowest BCUT2D eigenvalue weighted by Crippen LogP contribution is -2.50. The van der Waals surface area contributed by atoms with Crippen molar-refractivity contribution >= 4 is 20.0 Å². The summed E-state index contributed by atoms with van der Waals surface area (Å²) in [6.45, 7) is 2.55. The Morgan fingerprint density at radius 1 is 0.875 bits per heavy atom. The predicted molar refractivity (Wildman–Crippen MR) is 114 cm³/mol. The number of sulfonamides is 2. The quantitative estimate of drug-likeness (QED) is 0.487. The minimum Gasteiger partial charge on any atom is -0.494 e. The number of tetrazole rings is 1. The molecule has 11 nitrogen and oxygen atoms in total. The normalized spacial score (nSPS) is 16.2. The first-order valence-electron chi connectivity index (χ1n) is 9.89. The lowest BCUT2D eigenvalue weighted by Gasteiger charge is -2.33. The fraction of sp³-hybridized carbons (Fsp3) is 0.316. The third-order valence-electron chi connectivity index (χ3n) is 5.04. The molecule has 0 spiro atoms. The Morgan fingerprint density at radius 2 is 1.50 bits per heavy atom. The van der Waals surface area contributed by atoms with Crippen LogP contribution in [0, 0.1) is 0 Å². The van der Waals surface area contributed by atoms with Crippen molar-refractivity contribution < 1.29 is 21.6 Å². The van der Waals surface area contributed by atoms with Gasteiger partial charge in [-0.3, -0.25) is 0 Å². The molecule has 0 saturated carbocycles. The van der Waals surface area contributed by atoms with Gasteiger partial charge in [0.15, 0.2) is 0 Å². The Balaban J connectivity index is 1.47. The minimum atomic E-state index is -3.81. The van der Waals surface area contributed by atoms with Crippen LogP contribution in [0.25, 0.3) is 5.69 Å². The van der Waals surface area contributed by atoms with Crippen LogP contribution in [0.1, 0.15) is 6.92 Å². The standard InChI is InChI=1S/C19H22N6O5S2/c1-2-30-17-6-8-18(9-7-17)31(26,27)23-10-12-24(13-11-23)32(28,29)19-5-3-4-16(14-19)25-15-20-21-22-25/h3-9,14-15H,2,10-13H2,1H3. The molecule has 13 heteroatoms. The first kappa shape index (κ1) is 22.3. The van der Waals surface area contributed by atoms with Crippen molar-refractivity contribution in [2.75, 3.05) is 32.8 Å². The summed E-state index contributed by atoms with van der Waals surface area (Å²) in [5.74, 6) is 0.589. The third-order valence-corrected chi connectivity index (χ3v) is 8.85. The number of ether oxygens (including phenoxy) is 1. The van der Waals surface area contributed by atoms with Gasteiger partial charge in [0.25, 0.3) is 0 Å². The summed E-state index contributed by atoms with van der Waals surface area (Å²) >= 11 is 0. The van der Waals surface area contributed by atoms with Crippen LogP contribution >= 0.6 is 0 Å². The van der Waals surface area contributed by atoms with E-state index in [2.05, 4.69) is 15.5 Å². The highest BCUT2D eigenvalue weighted by atomic mass is 32.2. The Labute approximate surface area is 186 Å². The van der Waals surface area contributed by atoms with Gasteiger partial charge in [-0.1, -0.05) is 6.07 Å². The number of aromatic nitrogens is 4. The van der Waals surface area contributed by atoms with E-state index in [1.165, 1.54) is 43.9 Å². The summed E-state index contributed by atoms with van der Waals surface area (Å²) < 4.78 is 61.4. The van der Waals surface area contributed by atoms with Crippen LogP contribution in [-0.4, -0.2) is 78.4 Å². The minimum absolute atomic E-state index is 0.0493. The molecule has 0 bridgehead atoms. The molecular weight excluding hydrogens is 456 g/mol. The molecule has 1 aromatic heterocycles. The second-order valence-corrected chi connectivity index (χ2v) is 10.8. The molecule has 1 aliphatic rings. The van der Waals surface area contributed by atoms with Gasteiger partial charge in [-0.25, -0.2) is 21.5 Å². The van der Waals surface area contributed by atoms with Crippen molar-refractivity contribution in [1.29, 1.82) is 0 Å². The van der Waals surface area contributed by atoms with Crippen LogP contribution in [0.4, 0.5) is 0 Å². The number of rotatable bonds is 7. The molecule has 1 fully saturated rings. The van der Waals surface area contributed by atoms with Gasteiger partial charge in [0, 0.05) is 26.2 Å². The summed E-state index contributed by atoms with van der Waals surface area (Å²) in [7, 11) is -7.54. The number of benzene rings is 2. The monoisotopic (exact) mass is 478 g/mol. The first-order chi connectivity index (χ1) is 15.3. The van der Waals surface area contributed by atoms with E-state index >= 15 is 0 Å². The maximum Gasteiger partial charge on any atom is 0.243 e. The van der Waals surface area contributed by atoms with E-state index in [0.717, 1.165) is 0 Å². The van der Waals surface area contributed by atoms with E-state index in [0.29, 0.717) is 18.0 Å². The van der Waals surface area contributed by atoms with Crippen molar-refractivity contribution in [3.05, 3.63) is 54.9 Å². The highest BCUT2D eigenvalue weighted by molar-refractivity contribution is 7.89. The maximum absolute atomic E-state index is 13.1. The lowest BCUT2D eigenvalue weighted by atomic mass is 10.3. The SMILES string of the molecule is CCOc1ccc(S(=O)(=O)N2CCN(S(=O)(=O)c3cccc(-n4cnnn4)c3)CC2)cc1. The van der Waals surface area contributed by atoms with Crippen molar-refractivity contribution in [3.8, 4) is 11.4 Å². The molecule has 1 aliphatic heterocycles. The Kier molecular flexibility index (Phi) is 6.24. The van der Waals surface area contributed by atoms with Gasteiger partial charge < -0.3 is 4.74 Å². The fourth-order valence-corrected chi connectivity index (χ4v) is 6.27. The van der Waals surface area contributed by atoms with E-state index < -0.39 is 20.0 Å². The molecular formula is C19H22N6O5S2. The average molecular weight is 479 g/mol. The molecule has 4 rings (SSSR count). The van der Waals surface area contributed by atoms with Crippen LogP contribution in [0.2, 0.25) is 0 Å². The van der Waals surface area contributed by atoms with Crippen molar-refractivity contribution in [3.63, 3.8) is 0 Å². The van der Waals surface area contributed by atoms with E-state index in [4.69, 9.17) is 4.74 Å². The molecule has 0 unspecified atom stereocenters. The van der Waals surface area contributed by atoms with Gasteiger partial charge in [-0.15, -0.1) is 5.10 Å². The number of hydrogen-bond donors (Lipinski definition) is 0. The maximum atomic E-state index is 13.1. The summed E-state index contributed by atoms with van der Waals surface area (Å²) in [4.78, 5) is 0.236. The zero-order valence-corrected chi connectivity index (χ0v) is 18.9. The van der Waals surface area contributed by atoms with E-state index in [9.17, 15) is 16.8 Å².